The Morgan fingerprint density at radius 1 is 1.42 bits per heavy atom. The number of aromatic nitrogens is 1. The molecule has 1 aromatic heterocycles. The van der Waals surface area contributed by atoms with Crippen molar-refractivity contribution in [3.63, 3.8) is 0 Å². The summed E-state index contributed by atoms with van der Waals surface area (Å²) in [7, 11) is 0. The van der Waals surface area contributed by atoms with Gasteiger partial charge in [0, 0.05) is 38.8 Å². The van der Waals surface area contributed by atoms with E-state index in [1.807, 2.05) is 6.92 Å². The van der Waals surface area contributed by atoms with E-state index in [0.717, 1.165) is 6.07 Å². The molecule has 0 radical (unpaired) electrons. The van der Waals surface area contributed by atoms with Crippen molar-refractivity contribution in [3.8, 4) is 0 Å². The van der Waals surface area contributed by atoms with Gasteiger partial charge in [-0.3, -0.25) is 9.59 Å². The van der Waals surface area contributed by atoms with Crippen molar-refractivity contribution in [1.29, 1.82) is 0 Å². The van der Waals surface area contributed by atoms with E-state index in [9.17, 15) is 22.8 Å². The molecule has 0 spiro atoms. The Kier molecular flexibility index (Phi) is 5.63. The number of rotatable bonds is 6. The Morgan fingerprint density at radius 3 is 2.79 bits per heavy atom. The van der Waals surface area contributed by atoms with E-state index in [1.165, 1.54) is 12.3 Å². The van der Waals surface area contributed by atoms with Crippen molar-refractivity contribution in [2.45, 2.75) is 19.5 Å². The average Bonchev–Trinajstić information content (AvgIpc) is 2.92. The van der Waals surface area contributed by atoms with Crippen LogP contribution in [0, 0.1) is 5.92 Å². The second-order valence-corrected chi connectivity index (χ2v) is 5.45. The smallest absolute Gasteiger partial charge is 0.368 e. The number of halogens is 3. The molecule has 0 aliphatic carbocycles. The fraction of sp³-hybridized carbons (Fsp3) is 0.533. The Bertz CT molecular complexity index is 607. The van der Waals surface area contributed by atoms with Gasteiger partial charge in [0.1, 0.15) is 5.82 Å². The molecule has 1 atom stereocenters. The topological polar surface area (TPSA) is 74.3 Å². The lowest BCUT2D eigenvalue weighted by molar-refractivity contribution is -0.137. The van der Waals surface area contributed by atoms with Crippen LogP contribution in [0.15, 0.2) is 18.3 Å². The fourth-order valence-corrected chi connectivity index (χ4v) is 2.54. The number of alkyl halides is 3. The first-order valence-corrected chi connectivity index (χ1v) is 7.64. The summed E-state index contributed by atoms with van der Waals surface area (Å²) in [5, 5.41) is 5.20. The molecule has 1 aliphatic rings. The second-order valence-electron chi connectivity index (χ2n) is 5.45. The van der Waals surface area contributed by atoms with Crippen molar-refractivity contribution in [1.82, 2.24) is 15.2 Å². The number of pyridine rings is 1. The summed E-state index contributed by atoms with van der Waals surface area (Å²) < 4.78 is 38.4. The van der Waals surface area contributed by atoms with Crippen LogP contribution < -0.4 is 10.6 Å². The molecular weight excluding hydrogens is 325 g/mol. The molecule has 0 unspecified atom stereocenters. The minimum Gasteiger partial charge on any atom is -0.368 e. The lowest BCUT2D eigenvalue weighted by Crippen LogP contribution is -2.35. The molecule has 2 heterocycles. The predicted molar refractivity (Wildman–Crippen MR) is 81.1 cm³/mol. The molecule has 9 heteroatoms. The Balaban J connectivity index is 1.80. The number of carbonyl (C=O) groups excluding carboxylic acids is 2. The number of anilines is 1. The van der Waals surface area contributed by atoms with E-state index in [4.69, 9.17) is 0 Å². The number of amides is 2. The van der Waals surface area contributed by atoms with Gasteiger partial charge in [0.15, 0.2) is 0 Å². The van der Waals surface area contributed by atoms with Gasteiger partial charge >= 0.3 is 6.18 Å². The number of likely N-dealkylation sites (tertiary alicyclic amines) is 1. The van der Waals surface area contributed by atoms with Crippen LogP contribution in [0.3, 0.4) is 0 Å². The molecule has 1 saturated heterocycles. The zero-order valence-electron chi connectivity index (χ0n) is 13.2. The van der Waals surface area contributed by atoms with Crippen LogP contribution in [0.1, 0.15) is 18.9 Å². The SMILES string of the molecule is CCN1C[C@@H](C(=O)NCCNc2ncccc2C(F)(F)F)CC1=O. The minimum absolute atomic E-state index is 0.0564. The highest BCUT2D eigenvalue weighted by molar-refractivity contribution is 5.89. The standard InChI is InChI=1S/C15H19F3N4O2/c1-2-22-9-10(8-12(22)23)14(24)21-7-6-20-13-11(15(16,17)18)4-3-5-19-13/h3-5,10H,2,6-9H2,1H3,(H,19,20)(H,21,24)/t10-/m0/s1. The Morgan fingerprint density at radius 2 is 2.17 bits per heavy atom. The normalized spacial score (nSPS) is 17.9. The van der Waals surface area contributed by atoms with Crippen LogP contribution in [0.2, 0.25) is 0 Å². The van der Waals surface area contributed by atoms with Crippen LogP contribution in [0.25, 0.3) is 0 Å². The van der Waals surface area contributed by atoms with Gasteiger partial charge in [0.2, 0.25) is 11.8 Å². The minimum atomic E-state index is -4.49. The number of hydrogen-bond donors (Lipinski definition) is 2. The lowest BCUT2D eigenvalue weighted by atomic mass is 10.1. The predicted octanol–water partition coefficient (Wildman–Crippen LogP) is 1.50. The number of carbonyl (C=O) groups is 2. The van der Waals surface area contributed by atoms with Crippen molar-refractivity contribution < 1.29 is 22.8 Å². The van der Waals surface area contributed by atoms with Crippen LogP contribution in [0.4, 0.5) is 19.0 Å². The molecule has 0 saturated carbocycles. The molecule has 1 aliphatic heterocycles. The first-order valence-electron chi connectivity index (χ1n) is 7.64. The van der Waals surface area contributed by atoms with E-state index in [-0.39, 0.29) is 37.1 Å². The van der Waals surface area contributed by atoms with Gasteiger partial charge in [-0.05, 0) is 19.1 Å². The Hall–Kier alpha value is -2.32. The van der Waals surface area contributed by atoms with E-state index < -0.39 is 17.7 Å². The van der Waals surface area contributed by atoms with Gasteiger partial charge in [-0.25, -0.2) is 4.98 Å². The highest BCUT2D eigenvalue weighted by Gasteiger charge is 2.34. The van der Waals surface area contributed by atoms with Gasteiger partial charge in [-0.1, -0.05) is 0 Å². The van der Waals surface area contributed by atoms with E-state index >= 15 is 0 Å². The van der Waals surface area contributed by atoms with Crippen LogP contribution in [-0.4, -0.2) is 47.9 Å². The fourth-order valence-electron chi connectivity index (χ4n) is 2.54. The molecule has 6 nitrogen and oxygen atoms in total. The summed E-state index contributed by atoms with van der Waals surface area (Å²) in [5.74, 6) is -0.997. The van der Waals surface area contributed by atoms with E-state index in [1.54, 1.807) is 4.90 Å². The van der Waals surface area contributed by atoms with E-state index in [2.05, 4.69) is 15.6 Å². The Labute approximate surface area is 137 Å². The maximum absolute atomic E-state index is 12.8. The molecule has 2 amide bonds. The molecule has 0 bridgehead atoms. The van der Waals surface area contributed by atoms with Crippen LogP contribution in [-0.2, 0) is 15.8 Å². The summed E-state index contributed by atoms with van der Waals surface area (Å²) in [5.41, 5.74) is -0.851. The highest BCUT2D eigenvalue weighted by Crippen LogP contribution is 2.33. The first kappa shape index (κ1) is 18.0. The van der Waals surface area contributed by atoms with Gasteiger partial charge in [-0.2, -0.15) is 13.2 Å². The van der Waals surface area contributed by atoms with Crippen LogP contribution in [0.5, 0.6) is 0 Å². The summed E-state index contributed by atoms with van der Waals surface area (Å²) in [6.07, 6.45) is -3.06. The zero-order chi connectivity index (χ0) is 17.7. The third-order valence-electron chi connectivity index (χ3n) is 3.80. The molecular formula is C15H19F3N4O2. The van der Waals surface area contributed by atoms with Crippen molar-refractivity contribution in [2.75, 3.05) is 31.5 Å². The molecule has 0 aromatic carbocycles. The summed E-state index contributed by atoms with van der Waals surface area (Å²) in [6.45, 7) is 3.03. The molecule has 1 aromatic rings. The monoisotopic (exact) mass is 344 g/mol. The molecule has 1 fully saturated rings. The van der Waals surface area contributed by atoms with E-state index in [0.29, 0.717) is 13.1 Å². The van der Waals surface area contributed by atoms with Crippen molar-refractivity contribution >= 4 is 17.6 Å². The number of nitrogens with zero attached hydrogens (tertiary/aromatic N) is 2. The quantitative estimate of drug-likeness (QED) is 0.767. The van der Waals surface area contributed by atoms with Crippen molar-refractivity contribution in [3.05, 3.63) is 23.9 Å². The molecule has 2 N–H and O–H groups in total. The average molecular weight is 344 g/mol. The second kappa shape index (κ2) is 7.50. The molecule has 132 valence electrons. The number of nitrogens with one attached hydrogen (secondary N) is 2. The van der Waals surface area contributed by atoms with Gasteiger partial charge in [0.25, 0.3) is 0 Å². The summed E-state index contributed by atoms with van der Waals surface area (Å²) in [4.78, 5) is 28.8. The maximum Gasteiger partial charge on any atom is 0.419 e. The third kappa shape index (κ3) is 4.36. The summed E-state index contributed by atoms with van der Waals surface area (Å²) >= 11 is 0. The molecule has 24 heavy (non-hydrogen) atoms. The lowest BCUT2D eigenvalue weighted by Gasteiger charge is -2.15. The maximum atomic E-state index is 12.8. The molecule has 2 rings (SSSR count). The van der Waals surface area contributed by atoms with Crippen LogP contribution >= 0.6 is 0 Å². The van der Waals surface area contributed by atoms with Gasteiger partial charge in [-0.15, -0.1) is 0 Å². The largest absolute Gasteiger partial charge is 0.419 e. The first-order chi connectivity index (χ1) is 11.3. The third-order valence-corrected chi connectivity index (χ3v) is 3.80. The highest BCUT2D eigenvalue weighted by atomic mass is 19.4. The number of hydrogen-bond acceptors (Lipinski definition) is 4. The zero-order valence-corrected chi connectivity index (χ0v) is 13.2. The van der Waals surface area contributed by atoms with Gasteiger partial charge in [0.05, 0.1) is 11.5 Å². The summed E-state index contributed by atoms with van der Waals surface area (Å²) in [6, 6.07) is 2.16. The van der Waals surface area contributed by atoms with Gasteiger partial charge < -0.3 is 15.5 Å². The van der Waals surface area contributed by atoms with Crippen molar-refractivity contribution in [2.24, 2.45) is 5.92 Å².